The molecular weight excluding hydrogens is 318 g/mol. The third-order valence-corrected chi connectivity index (χ3v) is 4.38. The van der Waals surface area contributed by atoms with Crippen molar-refractivity contribution in [2.24, 2.45) is 9.98 Å². The maximum atomic E-state index is 9.31. The molecule has 0 aliphatic carbocycles. The second-order valence-corrected chi connectivity index (χ2v) is 5.88. The van der Waals surface area contributed by atoms with Gasteiger partial charge in [0.1, 0.15) is 16.8 Å². The fraction of sp³-hybridized carbons (Fsp3) is 0.0556. The maximum absolute atomic E-state index is 9.31. The number of rotatable bonds is 2. The van der Waals surface area contributed by atoms with Crippen LogP contribution < -0.4 is 10.5 Å². The minimum absolute atomic E-state index is 0.385. The van der Waals surface area contributed by atoms with Crippen LogP contribution in [0.2, 0.25) is 0 Å². The van der Waals surface area contributed by atoms with E-state index in [4.69, 9.17) is 5.73 Å². The Hall–Kier alpha value is -3.17. The zero-order valence-corrected chi connectivity index (χ0v) is 13.9. The number of nitrogen functional groups attached to an aromatic ring is 1. The zero-order valence-electron chi connectivity index (χ0n) is 13.0. The van der Waals surface area contributed by atoms with Gasteiger partial charge < -0.3 is 5.73 Å². The fourth-order valence-electron chi connectivity index (χ4n) is 2.29. The van der Waals surface area contributed by atoms with Crippen LogP contribution in [0, 0.1) is 11.3 Å². The molecule has 118 valence electrons. The topological polar surface area (TPSA) is 79.5 Å². The zero-order chi connectivity index (χ0) is 16.9. The first kappa shape index (κ1) is 15.7. The van der Waals surface area contributed by atoms with Crippen LogP contribution in [-0.2, 0) is 0 Å². The van der Waals surface area contributed by atoms with Crippen molar-refractivity contribution in [1.82, 2.24) is 4.57 Å². The molecule has 5 nitrogen and oxygen atoms in total. The smallest absolute Gasteiger partial charge is 0.199 e. The summed E-state index contributed by atoms with van der Waals surface area (Å²) in [5, 5.41) is 9.31. The molecule has 0 aliphatic heterocycles. The molecule has 3 rings (SSSR count). The van der Waals surface area contributed by atoms with E-state index in [0.29, 0.717) is 21.3 Å². The predicted molar refractivity (Wildman–Crippen MR) is 97.2 cm³/mol. The summed E-state index contributed by atoms with van der Waals surface area (Å²) in [5.41, 5.74) is 7.92. The quantitative estimate of drug-likeness (QED) is 0.578. The number of nitrogens with two attached hydrogens (primary N) is 1. The normalized spacial score (nSPS) is 12.2. The molecule has 0 spiro atoms. The molecule has 0 aliphatic rings. The van der Waals surface area contributed by atoms with Gasteiger partial charge >= 0.3 is 0 Å². The van der Waals surface area contributed by atoms with Crippen molar-refractivity contribution in [3.05, 3.63) is 75.9 Å². The lowest BCUT2D eigenvalue weighted by Gasteiger charge is -2.06. The van der Waals surface area contributed by atoms with Crippen LogP contribution in [0.3, 0.4) is 0 Å². The molecule has 0 saturated heterocycles. The number of aliphatic imine (C=N–C) groups is 1. The molecule has 0 amide bonds. The molecule has 3 aromatic rings. The van der Waals surface area contributed by atoms with Gasteiger partial charge in [-0.1, -0.05) is 59.9 Å². The SMILES string of the molecule is CN=C(N=c1sc(C#N)c(N)n1-c1ccccc1)c1ccccc1. The highest BCUT2D eigenvalue weighted by molar-refractivity contribution is 7.10. The van der Waals surface area contributed by atoms with Crippen LogP contribution >= 0.6 is 11.3 Å². The molecule has 24 heavy (non-hydrogen) atoms. The number of nitrogens with zero attached hydrogens (tertiary/aromatic N) is 4. The first-order valence-electron chi connectivity index (χ1n) is 7.28. The van der Waals surface area contributed by atoms with Crippen LogP contribution in [0.5, 0.6) is 0 Å². The second kappa shape index (κ2) is 6.94. The van der Waals surface area contributed by atoms with E-state index in [2.05, 4.69) is 16.1 Å². The van der Waals surface area contributed by atoms with E-state index >= 15 is 0 Å². The van der Waals surface area contributed by atoms with E-state index in [9.17, 15) is 5.26 Å². The summed E-state index contributed by atoms with van der Waals surface area (Å²) in [6.45, 7) is 0. The van der Waals surface area contributed by atoms with E-state index in [1.54, 1.807) is 11.6 Å². The van der Waals surface area contributed by atoms with Crippen molar-refractivity contribution >= 4 is 23.0 Å². The Bertz CT molecular complexity index is 976. The van der Waals surface area contributed by atoms with Gasteiger partial charge in [-0.05, 0) is 12.1 Å². The Morgan fingerprint density at radius 1 is 1.08 bits per heavy atom. The Balaban J connectivity index is 2.23. The van der Waals surface area contributed by atoms with E-state index in [1.165, 1.54) is 11.3 Å². The lowest BCUT2D eigenvalue weighted by atomic mass is 10.2. The van der Waals surface area contributed by atoms with Crippen molar-refractivity contribution in [2.45, 2.75) is 0 Å². The molecule has 0 bridgehead atoms. The van der Waals surface area contributed by atoms with E-state index in [0.717, 1.165) is 11.3 Å². The third kappa shape index (κ3) is 2.98. The highest BCUT2D eigenvalue weighted by Gasteiger charge is 2.13. The number of aromatic nitrogens is 1. The summed E-state index contributed by atoms with van der Waals surface area (Å²) >= 11 is 1.25. The molecule has 0 unspecified atom stereocenters. The Kier molecular flexibility index (Phi) is 4.54. The Labute approximate surface area is 143 Å². The molecule has 0 saturated carbocycles. The molecule has 2 aromatic carbocycles. The van der Waals surface area contributed by atoms with Crippen molar-refractivity contribution in [2.75, 3.05) is 12.8 Å². The highest BCUT2D eigenvalue weighted by atomic mass is 32.1. The van der Waals surface area contributed by atoms with Crippen molar-refractivity contribution in [1.29, 1.82) is 5.26 Å². The molecule has 1 aromatic heterocycles. The van der Waals surface area contributed by atoms with Crippen LogP contribution in [-0.4, -0.2) is 17.5 Å². The fourth-order valence-corrected chi connectivity index (χ4v) is 3.15. The maximum Gasteiger partial charge on any atom is 0.199 e. The van der Waals surface area contributed by atoms with Crippen LogP contribution in [0.25, 0.3) is 5.69 Å². The summed E-state index contributed by atoms with van der Waals surface area (Å²) in [4.78, 5) is 9.97. The third-order valence-electron chi connectivity index (χ3n) is 3.42. The van der Waals surface area contributed by atoms with Gasteiger partial charge in [0.2, 0.25) is 0 Å². The van der Waals surface area contributed by atoms with Crippen LogP contribution in [0.4, 0.5) is 5.82 Å². The Morgan fingerprint density at radius 2 is 1.71 bits per heavy atom. The van der Waals surface area contributed by atoms with Crippen molar-refractivity contribution in [3.8, 4) is 11.8 Å². The van der Waals surface area contributed by atoms with Gasteiger partial charge in [0.25, 0.3) is 0 Å². The first-order chi connectivity index (χ1) is 11.7. The number of amidine groups is 1. The number of hydrogen-bond donors (Lipinski definition) is 1. The standard InChI is InChI=1S/C18H15N5S/c1-21-17(13-8-4-2-5-9-13)22-18-23(14-10-6-3-7-11-14)16(20)15(12-19)24-18/h2-11H,20H2,1H3. The summed E-state index contributed by atoms with van der Waals surface area (Å²) in [7, 11) is 1.70. The average Bonchev–Trinajstić information content (AvgIpc) is 2.96. The van der Waals surface area contributed by atoms with Gasteiger partial charge in [-0.2, -0.15) is 5.26 Å². The van der Waals surface area contributed by atoms with Gasteiger partial charge in [-0.25, -0.2) is 4.99 Å². The van der Waals surface area contributed by atoms with E-state index in [-0.39, 0.29) is 0 Å². The highest BCUT2D eigenvalue weighted by Crippen LogP contribution is 2.19. The first-order valence-corrected chi connectivity index (χ1v) is 8.10. The monoisotopic (exact) mass is 333 g/mol. The minimum Gasteiger partial charge on any atom is -0.383 e. The number of nitriles is 1. The van der Waals surface area contributed by atoms with Crippen LogP contribution in [0.1, 0.15) is 10.4 Å². The van der Waals surface area contributed by atoms with E-state index in [1.807, 2.05) is 60.7 Å². The van der Waals surface area contributed by atoms with Crippen LogP contribution in [0.15, 0.2) is 70.6 Å². The predicted octanol–water partition coefficient (Wildman–Crippen LogP) is 2.97. The molecule has 0 radical (unpaired) electrons. The van der Waals surface area contributed by atoms with Gasteiger partial charge in [0, 0.05) is 18.3 Å². The molecule has 0 fully saturated rings. The summed E-state index contributed by atoms with van der Waals surface area (Å²) in [6.07, 6.45) is 0. The molecule has 2 N–H and O–H groups in total. The number of hydrogen-bond acceptors (Lipinski definition) is 4. The van der Waals surface area contributed by atoms with Gasteiger partial charge in [0.15, 0.2) is 10.6 Å². The van der Waals surface area contributed by atoms with Gasteiger partial charge in [-0.3, -0.25) is 9.56 Å². The van der Waals surface area contributed by atoms with E-state index < -0.39 is 0 Å². The molecular formula is C18H15N5S. The number of benzene rings is 2. The van der Waals surface area contributed by atoms with Crippen molar-refractivity contribution in [3.63, 3.8) is 0 Å². The van der Waals surface area contributed by atoms with Gasteiger partial charge in [-0.15, -0.1) is 0 Å². The number of thiazole rings is 1. The Morgan fingerprint density at radius 3 is 2.29 bits per heavy atom. The molecule has 1 heterocycles. The minimum atomic E-state index is 0.385. The second-order valence-electron chi connectivity index (χ2n) is 4.91. The number of para-hydroxylation sites is 1. The largest absolute Gasteiger partial charge is 0.383 e. The summed E-state index contributed by atoms with van der Waals surface area (Å²) in [6, 6.07) is 21.4. The van der Waals surface area contributed by atoms with Gasteiger partial charge in [0.05, 0.1) is 0 Å². The lowest BCUT2D eigenvalue weighted by Crippen LogP contribution is -2.17. The molecule has 0 atom stereocenters. The molecule has 6 heteroatoms. The summed E-state index contributed by atoms with van der Waals surface area (Å²) < 4.78 is 1.78. The lowest BCUT2D eigenvalue weighted by molar-refractivity contribution is 1.02. The average molecular weight is 333 g/mol. The number of anilines is 1. The summed E-state index contributed by atoms with van der Waals surface area (Å²) in [5.74, 6) is 0.974. The van der Waals surface area contributed by atoms with Crippen molar-refractivity contribution < 1.29 is 0 Å².